The molecular weight excluding hydrogens is 298 g/mol. The highest BCUT2D eigenvalue weighted by Gasteiger charge is 2.20. The van der Waals surface area contributed by atoms with E-state index in [-0.39, 0.29) is 5.75 Å². The van der Waals surface area contributed by atoms with Crippen molar-refractivity contribution in [1.29, 1.82) is 0 Å². The van der Waals surface area contributed by atoms with Gasteiger partial charge in [-0.1, -0.05) is 13.3 Å². The Labute approximate surface area is 134 Å². The van der Waals surface area contributed by atoms with Crippen molar-refractivity contribution in [2.75, 3.05) is 13.7 Å². The van der Waals surface area contributed by atoms with Gasteiger partial charge in [0, 0.05) is 25.4 Å². The standard InChI is InChI=1S/C17H21NO5/c1-5-6-9-22-15-13-8-7-12(21-4)10-14(13)18(3)17(20)16(15)23-11(2)19/h7-8,10H,5-6,9H2,1-4H3. The Bertz CT molecular complexity index is 779. The average Bonchev–Trinajstić information content (AvgIpc) is 2.54. The molecule has 0 bridgehead atoms. The summed E-state index contributed by atoms with van der Waals surface area (Å²) < 4.78 is 17.5. The van der Waals surface area contributed by atoms with Gasteiger partial charge in [-0.25, -0.2) is 0 Å². The van der Waals surface area contributed by atoms with E-state index in [1.807, 2.05) is 6.92 Å². The largest absolute Gasteiger partial charge is 0.497 e. The highest BCUT2D eigenvalue weighted by Crippen LogP contribution is 2.34. The summed E-state index contributed by atoms with van der Waals surface area (Å²) in [6, 6.07) is 5.32. The molecule has 1 heterocycles. The van der Waals surface area contributed by atoms with Gasteiger partial charge in [0.15, 0.2) is 5.75 Å². The minimum Gasteiger partial charge on any atom is -0.497 e. The molecule has 0 spiro atoms. The second kappa shape index (κ2) is 7.17. The summed E-state index contributed by atoms with van der Waals surface area (Å²) in [6.45, 7) is 3.75. The molecule has 0 saturated carbocycles. The molecule has 6 heteroatoms. The van der Waals surface area contributed by atoms with Gasteiger partial charge in [-0.05, 0) is 18.6 Å². The summed E-state index contributed by atoms with van der Waals surface area (Å²) >= 11 is 0. The number of fused-ring (bicyclic) bond motifs is 1. The topological polar surface area (TPSA) is 66.8 Å². The number of carbonyl (C=O) groups is 1. The van der Waals surface area contributed by atoms with Crippen LogP contribution in [0, 0.1) is 0 Å². The summed E-state index contributed by atoms with van der Waals surface area (Å²) in [4.78, 5) is 23.9. The third-order valence-electron chi connectivity index (χ3n) is 3.51. The first-order chi connectivity index (χ1) is 11.0. The van der Waals surface area contributed by atoms with Crippen molar-refractivity contribution >= 4 is 16.9 Å². The van der Waals surface area contributed by atoms with E-state index >= 15 is 0 Å². The van der Waals surface area contributed by atoms with Crippen LogP contribution in [0.1, 0.15) is 26.7 Å². The van der Waals surface area contributed by atoms with E-state index in [0.717, 1.165) is 12.8 Å². The number of esters is 1. The average molecular weight is 319 g/mol. The Kier molecular flexibility index (Phi) is 5.26. The predicted octanol–water partition coefficient (Wildman–Crippen LogP) is 2.65. The lowest BCUT2D eigenvalue weighted by molar-refractivity contribution is -0.132. The number of methoxy groups -OCH3 is 1. The van der Waals surface area contributed by atoms with Crippen LogP contribution in [-0.4, -0.2) is 24.3 Å². The first-order valence-corrected chi connectivity index (χ1v) is 7.51. The molecule has 124 valence electrons. The first-order valence-electron chi connectivity index (χ1n) is 7.51. The summed E-state index contributed by atoms with van der Waals surface area (Å²) in [5.41, 5.74) is 0.226. The molecule has 0 unspecified atom stereocenters. The van der Waals surface area contributed by atoms with Crippen LogP contribution in [0.25, 0.3) is 10.9 Å². The monoisotopic (exact) mass is 319 g/mol. The van der Waals surface area contributed by atoms with E-state index in [4.69, 9.17) is 14.2 Å². The highest BCUT2D eigenvalue weighted by molar-refractivity contribution is 5.89. The number of rotatable bonds is 6. The zero-order valence-electron chi connectivity index (χ0n) is 13.8. The minimum atomic E-state index is -0.560. The number of aromatic nitrogens is 1. The Morgan fingerprint density at radius 2 is 2.00 bits per heavy atom. The summed E-state index contributed by atoms with van der Waals surface area (Å²) in [7, 11) is 3.18. The first kappa shape index (κ1) is 16.9. The quantitative estimate of drug-likeness (QED) is 0.605. The summed E-state index contributed by atoms with van der Waals surface area (Å²) in [5.74, 6) is 0.297. The number of hydrogen-bond acceptors (Lipinski definition) is 5. The fourth-order valence-electron chi connectivity index (χ4n) is 2.28. The number of nitrogens with zero attached hydrogens (tertiary/aromatic N) is 1. The molecule has 23 heavy (non-hydrogen) atoms. The molecule has 0 atom stereocenters. The third-order valence-corrected chi connectivity index (χ3v) is 3.51. The lowest BCUT2D eigenvalue weighted by Gasteiger charge is -2.16. The van der Waals surface area contributed by atoms with E-state index in [0.29, 0.717) is 29.0 Å². The number of carbonyl (C=O) groups excluding carboxylic acids is 1. The van der Waals surface area contributed by atoms with Crippen LogP contribution in [0.3, 0.4) is 0 Å². The zero-order valence-corrected chi connectivity index (χ0v) is 13.8. The molecular formula is C17H21NO5. The molecule has 0 aliphatic heterocycles. The van der Waals surface area contributed by atoms with E-state index in [1.54, 1.807) is 32.4 Å². The number of unbranched alkanes of at least 4 members (excludes halogenated alkanes) is 1. The van der Waals surface area contributed by atoms with Crippen LogP contribution in [0.2, 0.25) is 0 Å². The zero-order chi connectivity index (χ0) is 17.0. The van der Waals surface area contributed by atoms with Gasteiger partial charge in [0.05, 0.1) is 19.2 Å². The number of pyridine rings is 1. The SMILES string of the molecule is CCCCOc1c(OC(C)=O)c(=O)n(C)c2cc(OC)ccc12. The Morgan fingerprint density at radius 3 is 2.61 bits per heavy atom. The molecule has 0 radical (unpaired) electrons. The molecule has 2 aromatic rings. The van der Waals surface area contributed by atoms with Crippen molar-refractivity contribution in [2.24, 2.45) is 7.05 Å². The van der Waals surface area contributed by atoms with Crippen LogP contribution < -0.4 is 19.8 Å². The van der Waals surface area contributed by atoms with Crippen molar-refractivity contribution in [3.8, 4) is 17.2 Å². The van der Waals surface area contributed by atoms with Gasteiger partial charge in [-0.15, -0.1) is 0 Å². The predicted molar refractivity (Wildman–Crippen MR) is 87.5 cm³/mol. The second-order valence-electron chi connectivity index (χ2n) is 5.20. The smallest absolute Gasteiger partial charge is 0.308 e. The Hall–Kier alpha value is -2.50. The molecule has 1 aromatic carbocycles. The summed E-state index contributed by atoms with van der Waals surface area (Å²) in [6.07, 6.45) is 1.80. The van der Waals surface area contributed by atoms with Gasteiger partial charge >= 0.3 is 5.97 Å². The second-order valence-corrected chi connectivity index (χ2v) is 5.20. The van der Waals surface area contributed by atoms with Crippen molar-refractivity contribution < 1.29 is 19.0 Å². The van der Waals surface area contributed by atoms with Crippen LogP contribution in [-0.2, 0) is 11.8 Å². The number of aryl methyl sites for hydroxylation is 1. The van der Waals surface area contributed by atoms with E-state index < -0.39 is 11.5 Å². The molecule has 2 rings (SSSR count). The van der Waals surface area contributed by atoms with Gasteiger partial charge in [0.2, 0.25) is 5.75 Å². The van der Waals surface area contributed by atoms with Gasteiger partial charge in [0.25, 0.3) is 5.56 Å². The van der Waals surface area contributed by atoms with Crippen LogP contribution in [0.5, 0.6) is 17.2 Å². The van der Waals surface area contributed by atoms with Crippen LogP contribution >= 0.6 is 0 Å². The molecule has 0 saturated heterocycles. The maximum atomic E-state index is 12.5. The van der Waals surface area contributed by atoms with Crippen molar-refractivity contribution in [3.05, 3.63) is 28.6 Å². The molecule has 0 fully saturated rings. The molecule has 0 aliphatic carbocycles. The third kappa shape index (κ3) is 3.47. The van der Waals surface area contributed by atoms with Gasteiger partial charge < -0.3 is 18.8 Å². The Morgan fingerprint density at radius 1 is 1.26 bits per heavy atom. The maximum Gasteiger partial charge on any atom is 0.308 e. The fraction of sp³-hybridized carbons (Fsp3) is 0.412. The molecule has 1 aromatic heterocycles. The van der Waals surface area contributed by atoms with Crippen molar-refractivity contribution in [2.45, 2.75) is 26.7 Å². The maximum absolute atomic E-state index is 12.5. The lowest BCUT2D eigenvalue weighted by atomic mass is 10.1. The highest BCUT2D eigenvalue weighted by atomic mass is 16.6. The lowest BCUT2D eigenvalue weighted by Crippen LogP contribution is -2.22. The van der Waals surface area contributed by atoms with E-state index in [9.17, 15) is 9.59 Å². The molecule has 0 N–H and O–H groups in total. The molecule has 0 amide bonds. The van der Waals surface area contributed by atoms with Gasteiger partial charge in [0.1, 0.15) is 5.75 Å². The Balaban J connectivity index is 2.70. The van der Waals surface area contributed by atoms with E-state index in [2.05, 4.69) is 0 Å². The van der Waals surface area contributed by atoms with Gasteiger partial charge in [-0.2, -0.15) is 0 Å². The number of hydrogen-bond donors (Lipinski definition) is 0. The van der Waals surface area contributed by atoms with Crippen molar-refractivity contribution in [1.82, 2.24) is 4.57 Å². The minimum absolute atomic E-state index is 0.0752. The van der Waals surface area contributed by atoms with Gasteiger partial charge in [-0.3, -0.25) is 9.59 Å². The fourth-order valence-corrected chi connectivity index (χ4v) is 2.28. The van der Waals surface area contributed by atoms with Crippen LogP contribution in [0.15, 0.2) is 23.0 Å². The normalized spacial score (nSPS) is 10.6. The summed E-state index contributed by atoms with van der Waals surface area (Å²) in [5, 5.41) is 0.695. The molecule has 6 nitrogen and oxygen atoms in total. The molecule has 0 aliphatic rings. The number of benzene rings is 1. The van der Waals surface area contributed by atoms with Crippen molar-refractivity contribution in [3.63, 3.8) is 0 Å². The van der Waals surface area contributed by atoms with E-state index in [1.165, 1.54) is 11.5 Å². The number of ether oxygens (including phenoxy) is 3. The van der Waals surface area contributed by atoms with Crippen LogP contribution in [0.4, 0.5) is 0 Å².